The van der Waals surface area contributed by atoms with Crippen molar-refractivity contribution in [2.45, 2.75) is 20.0 Å². The van der Waals surface area contributed by atoms with E-state index in [2.05, 4.69) is 17.6 Å². The van der Waals surface area contributed by atoms with Crippen molar-refractivity contribution >= 4 is 5.91 Å². The van der Waals surface area contributed by atoms with Gasteiger partial charge in [0.1, 0.15) is 0 Å². The molecule has 0 spiro atoms. The normalized spacial score (nSPS) is 15.5. The van der Waals surface area contributed by atoms with E-state index in [9.17, 15) is 4.79 Å². The zero-order valence-corrected chi connectivity index (χ0v) is 7.58. The number of hydrogen-bond donors (Lipinski definition) is 1. The molecular weight excluding hydrogens is 164 g/mol. The molecule has 0 saturated heterocycles. The SMILES string of the molecule is CC(=O)NN1Cc2ccccc2C1. The summed E-state index contributed by atoms with van der Waals surface area (Å²) in [6.07, 6.45) is 0. The van der Waals surface area contributed by atoms with Crippen molar-refractivity contribution < 1.29 is 4.79 Å². The van der Waals surface area contributed by atoms with Gasteiger partial charge in [-0.2, -0.15) is 0 Å². The molecule has 0 unspecified atom stereocenters. The van der Waals surface area contributed by atoms with Crippen LogP contribution in [0.5, 0.6) is 0 Å². The Balaban J connectivity index is 2.09. The summed E-state index contributed by atoms with van der Waals surface area (Å²) in [5.41, 5.74) is 5.39. The number of amides is 1. The van der Waals surface area contributed by atoms with Gasteiger partial charge in [-0.15, -0.1) is 0 Å². The van der Waals surface area contributed by atoms with Gasteiger partial charge in [-0.3, -0.25) is 10.2 Å². The van der Waals surface area contributed by atoms with E-state index >= 15 is 0 Å². The predicted octanol–water partition coefficient (Wildman–Crippen LogP) is 1.05. The Bertz CT molecular complexity index is 310. The minimum atomic E-state index is -0.00666. The van der Waals surface area contributed by atoms with Gasteiger partial charge in [0, 0.05) is 20.0 Å². The van der Waals surface area contributed by atoms with Crippen molar-refractivity contribution in [1.29, 1.82) is 0 Å². The first-order valence-corrected chi connectivity index (χ1v) is 4.34. The summed E-state index contributed by atoms with van der Waals surface area (Å²) in [6.45, 7) is 3.16. The lowest BCUT2D eigenvalue weighted by Crippen LogP contribution is -2.36. The molecule has 3 heteroatoms. The Hall–Kier alpha value is -1.35. The first-order valence-electron chi connectivity index (χ1n) is 4.34. The first-order chi connectivity index (χ1) is 6.25. The summed E-state index contributed by atoms with van der Waals surface area (Å²) in [5, 5.41) is 1.92. The molecule has 0 aliphatic carbocycles. The topological polar surface area (TPSA) is 32.3 Å². The molecule has 1 aliphatic heterocycles. The summed E-state index contributed by atoms with van der Waals surface area (Å²) in [6, 6.07) is 8.24. The first kappa shape index (κ1) is 8.26. The van der Waals surface area contributed by atoms with Crippen LogP contribution >= 0.6 is 0 Å². The van der Waals surface area contributed by atoms with Gasteiger partial charge in [0.15, 0.2) is 0 Å². The highest BCUT2D eigenvalue weighted by molar-refractivity contribution is 5.72. The molecular formula is C10H12N2O. The molecule has 0 atom stereocenters. The second-order valence-electron chi connectivity index (χ2n) is 3.29. The number of nitrogens with zero attached hydrogens (tertiary/aromatic N) is 1. The van der Waals surface area contributed by atoms with Gasteiger partial charge in [-0.05, 0) is 11.1 Å². The van der Waals surface area contributed by atoms with Gasteiger partial charge in [0.2, 0.25) is 5.91 Å². The highest BCUT2D eigenvalue weighted by Crippen LogP contribution is 2.19. The molecule has 2 rings (SSSR count). The Morgan fingerprint density at radius 1 is 1.31 bits per heavy atom. The van der Waals surface area contributed by atoms with Crippen LogP contribution in [0.15, 0.2) is 24.3 Å². The van der Waals surface area contributed by atoms with Crippen molar-refractivity contribution in [3.63, 3.8) is 0 Å². The van der Waals surface area contributed by atoms with Crippen LogP contribution in [0.2, 0.25) is 0 Å². The van der Waals surface area contributed by atoms with Crippen LogP contribution in [0.25, 0.3) is 0 Å². The fourth-order valence-corrected chi connectivity index (χ4v) is 1.63. The molecule has 0 radical (unpaired) electrons. The van der Waals surface area contributed by atoms with Crippen molar-refractivity contribution in [3.05, 3.63) is 35.4 Å². The maximum absolute atomic E-state index is 10.8. The van der Waals surface area contributed by atoms with Crippen LogP contribution in [0.4, 0.5) is 0 Å². The number of carbonyl (C=O) groups excluding carboxylic acids is 1. The Kier molecular flexibility index (Phi) is 2.02. The zero-order chi connectivity index (χ0) is 9.26. The number of fused-ring (bicyclic) bond motifs is 1. The summed E-state index contributed by atoms with van der Waals surface area (Å²) in [5.74, 6) is -0.00666. The third kappa shape index (κ3) is 1.70. The molecule has 68 valence electrons. The molecule has 3 nitrogen and oxygen atoms in total. The number of rotatable bonds is 1. The van der Waals surface area contributed by atoms with Crippen LogP contribution in [-0.2, 0) is 17.9 Å². The van der Waals surface area contributed by atoms with Crippen molar-refractivity contribution in [2.24, 2.45) is 0 Å². The number of benzene rings is 1. The zero-order valence-electron chi connectivity index (χ0n) is 7.58. The second kappa shape index (κ2) is 3.18. The lowest BCUT2D eigenvalue weighted by atomic mass is 10.1. The van der Waals surface area contributed by atoms with Crippen LogP contribution in [-0.4, -0.2) is 10.9 Å². The van der Waals surface area contributed by atoms with Crippen LogP contribution in [0, 0.1) is 0 Å². The fourth-order valence-electron chi connectivity index (χ4n) is 1.63. The Morgan fingerprint density at radius 3 is 2.31 bits per heavy atom. The minimum absolute atomic E-state index is 0.00666. The average molecular weight is 176 g/mol. The third-order valence-corrected chi connectivity index (χ3v) is 2.16. The lowest BCUT2D eigenvalue weighted by Gasteiger charge is -2.14. The van der Waals surface area contributed by atoms with E-state index in [4.69, 9.17) is 0 Å². The van der Waals surface area contributed by atoms with E-state index in [1.54, 1.807) is 0 Å². The molecule has 1 heterocycles. The molecule has 1 aromatic rings. The third-order valence-electron chi connectivity index (χ3n) is 2.16. The quantitative estimate of drug-likeness (QED) is 0.693. The molecule has 13 heavy (non-hydrogen) atoms. The molecule has 1 aromatic carbocycles. The summed E-state index contributed by atoms with van der Waals surface area (Å²) in [4.78, 5) is 10.8. The maximum Gasteiger partial charge on any atom is 0.231 e. The second-order valence-corrected chi connectivity index (χ2v) is 3.29. The summed E-state index contributed by atoms with van der Waals surface area (Å²) in [7, 11) is 0. The van der Waals surface area contributed by atoms with Gasteiger partial charge in [-0.25, -0.2) is 5.01 Å². The number of carbonyl (C=O) groups is 1. The Labute approximate surface area is 77.3 Å². The molecule has 0 bridgehead atoms. The largest absolute Gasteiger partial charge is 0.289 e. The van der Waals surface area contributed by atoms with Crippen molar-refractivity contribution in [2.75, 3.05) is 0 Å². The molecule has 0 aromatic heterocycles. The maximum atomic E-state index is 10.8. The molecule has 1 amide bonds. The lowest BCUT2D eigenvalue weighted by molar-refractivity contribution is -0.123. The monoisotopic (exact) mass is 176 g/mol. The predicted molar refractivity (Wildman–Crippen MR) is 49.5 cm³/mol. The van der Waals surface area contributed by atoms with E-state index in [0.717, 1.165) is 13.1 Å². The van der Waals surface area contributed by atoms with Gasteiger partial charge in [0.25, 0.3) is 0 Å². The number of nitrogens with one attached hydrogen (secondary N) is 1. The molecule has 1 N–H and O–H groups in total. The fraction of sp³-hybridized carbons (Fsp3) is 0.300. The average Bonchev–Trinajstić information content (AvgIpc) is 2.44. The van der Waals surface area contributed by atoms with E-state index in [-0.39, 0.29) is 5.91 Å². The van der Waals surface area contributed by atoms with Crippen molar-refractivity contribution in [3.8, 4) is 0 Å². The smallest absolute Gasteiger partial charge is 0.231 e. The molecule has 0 saturated carbocycles. The summed E-state index contributed by atoms with van der Waals surface area (Å²) < 4.78 is 0. The number of hydrazine groups is 1. The van der Waals surface area contributed by atoms with Crippen LogP contribution < -0.4 is 5.43 Å². The van der Waals surface area contributed by atoms with E-state index in [1.807, 2.05) is 17.1 Å². The van der Waals surface area contributed by atoms with Gasteiger partial charge >= 0.3 is 0 Å². The van der Waals surface area contributed by atoms with Gasteiger partial charge in [-0.1, -0.05) is 24.3 Å². The molecule has 0 fully saturated rings. The van der Waals surface area contributed by atoms with E-state index < -0.39 is 0 Å². The summed E-state index contributed by atoms with van der Waals surface area (Å²) >= 11 is 0. The Morgan fingerprint density at radius 2 is 1.85 bits per heavy atom. The van der Waals surface area contributed by atoms with Gasteiger partial charge < -0.3 is 0 Å². The van der Waals surface area contributed by atoms with Crippen LogP contribution in [0.3, 0.4) is 0 Å². The highest BCUT2D eigenvalue weighted by atomic mass is 16.2. The number of hydrogen-bond acceptors (Lipinski definition) is 2. The standard InChI is InChI=1S/C10H12N2O/c1-8(13)11-12-6-9-4-2-3-5-10(9)7-12/h2-5H,6-7H2,1H3,(H,11,13). The van der Waals surface area contributed by atoms with E-state index in [1.165, 1.54) is 18.1 Å². The van der Waals surface area contributed by atoms with Crippen LogP contribution in [0.1, 0.15) is 18.1 Å². The van der Waals surface area contributed by atoms with Crippen molar-refractivity contribution in [1.82, 2.24) is 10.4 Å². The van der Waals surface area contributed by atoms with Gasteiger partial charge in [0.05, 0.1) is 0 Å². The molecule has 1 aliphatic rings. The highest BCUT2D eigenvalue weighted by Gasteiger charge is 2.17. The minimum Gasteiger partial charge on any atom is -0.289 e. The van der Waals surface area contributed by atoms with E-state index in [0.29, 0.717) is 0 Å².